The van der Waals surface area contributed by atoms with Gasteiger partial charge in [-0.25, -0.2) is 9.50 Å². The van der Waals surface area contributed by atoms with E-state index >= 15 is 0 Å². The summed E-state index contributed by atoms with van der Waals surface area (Å²) < 4.78 is 12.4. The number of nitriles is 1. The molecule has 4 atom stereocenters. The van der Waals surface area contributed by atoms with Crippen LogP contribution in [0.25, 0.3) is 5.52 Å². The lowest BCUT2D eigenvalue weighted by atomic mass is 9.92. The first-order valence-electron chi connectivity index (χ1n) is 8.33. The molecule has 2 aromatic rings. The summed E-state index contributed by atoms with van der Waals surface area (Å²) in [5.74, 6) is -0.403. The van der Waals surface area contributed by atoms with Crippen molar-refractivity contribution in [3.8, 4) is 6.07 Å². The Morgan fingerprint density at radius 3 is 2.81 bits per heavy atom. The molecule has 3 heterocycles. The van der Waals surface area contributed by atoms with Gasteiger partial charge in [-0.15, -0.1) is 0 Å². The van der Waals surface area contributed by atoms with Crippen LogP contribution < -0.4 is 5.73 Å². The molecule has 2 aromatic heterocycles. The van der Waals surface area contributed by atoms with E-state index in [1.807, 2.05) is 6.07 Å². The number of nitrogens with zero attached hydrogens (tertiary/aromatic N) is 4. The maximum Gasteiger partial charge on any atom is 0.311 e. The first kappa shape index (κ1) is 19.0. The smallest absolute Gasteiger partial charge is 0.311 e. The Labute approximate surface area is 155 Å². The maximum absolute atomic E-state index is 12.3. The molecule has 0 saturated carbocycles. The van der Waals surface area contributed by atoms with E-state index in [-0.39, 0.29) is 11.5 Å². The van der Waals surface area contributed by atoms with Gasteiger partial charge < -0.3 is 25.4 Å². The zero-order chi connectivity index (χ0) is 20.0. The standard InChI is InChI=1S/C17H21N5O5/c1-16(2,3)15(25)26-12-10(6-23)27-17(7-18,13(12)24)11-5-4-9-14(19)20-8-21-22(9)11/h4-5,8,10,12-13,23-24H,6H2,1-3H3,(H2,19,20,21)/t10-,12-,13-,17+/m1/s1. The third kappa shape index (κ3) is 2.90. The first-order chi connectivity index (χ1) is 12.7. The van der Waals surface area contributed by atoms with Crippen LogP contribution in [0.4, 0.5) is 5.82 Å². The number of aliphatic hydroxyl groups is 2. The Balaban J connectivity index is 2.06. The number of aromatic nitrogens is 3. The summed E-state index contributed by atoms with van der Waals surface area (Å²) in [5, 5.41) is 34.5. The first-order valence-corrected chi connectivity index (χ1v) is 8.33. The SMILES string of the molecule is CC(C)(C)C(=O)O[C@H]1[C@@H](O)[C@](C#N)(c2ccc3c(N)ncnn23)O[C@@H]1CO. The zero-order valence-corrected chi connectivity index (χ0v) is 15.2. The second-order valence-electron chi connectivity index (χ2n) is 7.41. The fraction of sp³-hybridized carbons (Fsp3) is 0.529. The molecule has 0 radical (unpaired) electrons. The Kier molecular flexibility index (Phi) is 4.55. The minimum atomic E-state index is -1.91. The van der Waals surface area contributed by atoms with Crippen molar-refractivity contribution < 1.29 is 24.5 Å². The normalized spacial score (nSPS) is 28.2. The average molecular weight is 375 g/mol. The van der Waals surface area contributed by atoms with Crippen LogP contribution in [-0.2, 0) is 19.9 Å². The number of esters is 1. The van der Waals surface area contributed by atoms with Crippen LogP contribution in [0.1, 0.15) is 26.5 Å². The number of nitrogen functional groups attached to an aromatic ring is 1. The van der Waals surface area contributed by atoms with Crippen molar-refractivity contribution in [3.05, 3.63) is 24.2 Å². The summed E-state index contributed by atoms with van der Waals surface area (Å²) in [7, 11) is 0. The second-order valence-corrected chi connectivity index (χ2v) is 7.41. The molecule has 1 aliphatic heterocycles. The van der Waals surface area contributed by atoms with Gasteiger partial charge in [0.2, 0.25) is 5.60 Å². The quantitative estimate of drug-likeness (QED) is 0.615. The van der Waals surface area contributed by atoms with Gasteiger partial charge in [0, 0.05) is 0 Å². The molecule has 10 nitrogen and oxygen atoms in total. The van der Waals surface area contributed by atoms with Gasteiger partial charge in [0.1, 0.15) is 30.1 Å². The van der Waals surface area contributed by atoms with Gasteiger partial charge in [-0.1, -0.05) is 0 Å². The molecule has 27 heavy (non-hydrogen) atoms. The maximum atomic E-state index is 12.3. The summed E-state index contributed by atoms with van der Waals surface area (Å²) >= 11 is 0. The third-order valence-electron chi connectivity index (χ3n) is 4.50. The van der Waals surface area contributed by atoms with Crippen LogP contribution in [0.3, 0.4) is 0 Å². The number of carbonyl (C=O) groups is 1. The van der Waals surface area contributed by atoms with Gasteiger partial charge in [-0.05, 0) is 32.9 Å². The number of ether oxygens (including phenoxy) is 2. The lowest BCUT2D eigenvalue weighted by Crippen LogP contribution is -2.44. The summed E-state index contributed by atoms with van der Waals surface area (Å²) in [6.45, 7) is 4.42. The van der Waals surface area contributed by atoms with E-state index in [0.29, 0.717) is 5.52 Å². The lowest BCUT2D eigenvalue weighted by molar-refractivity contribution is -0.166. The third-order valence-corrected chi connectivity index (χ3v) is 4.50. The molecule has 0 spiro atoms. The highest BCUT2D eigenvalue weighted by atomic mass is 16.6. The van der Waals surface area contributed by atoms with Crippen molar-refractivity contribution in [1.82, 2.24) is 14.6 Å². The number of anilines is 1. The number of hydrogen-bond acceptors (Lipinski definition) is 9. The topological polar surface area (TPSA) is 156 Å². The fourth-order valence-corrected chi connectivity index (χ4v) is 2.99. The number of rotatable bonds is 3. The highest BCUT2D eigenvalue weighted by Gasteiger charge is 2.59. The molecule has 4 N–H and O–H groups in total. The molecule has 3 rings (SSSR count). The number of aliphatic hydroxyl groups excluding tert-OH is 2. The molecule has 1 aliphatic rings. The average Bonchev–Trinajstić information content (AvgIpc) is 3.16. The van der Waals surface area contributed by atoms with Crippen molar-refractivity contribution in [2.45, 2.75) is 44.7 Å². The molecule has 1 saturated heterocycles. The van der Waals surface area contributed by atoms with Crippen LogP contribution >= 0.6 is 0 Å². The molecule has 1 fully saturated rings. The van der Waals surface area contributed by atoms with E-state index in [0.717, 1.165) is 0 Å². The van der Waals surface area contributed by atoms with Gasteiger partial charge in [0.25, 0.3) is 0 Å². The van der Waals surface area contributed by atoms with Gasteiger partial charge in [0.05, 0.1) is 17.7 Å². The van der Waals surface area contributed by atoms with Crippen molar-refractivity contribution in [3.63, 3.8) is 0 Å². The number of carbonyl (C=O) groups excluding carboxylic acids is 1. The number of nitrogens with two attached hydrogens (primary N) is 1. The van der Waals surface area contributed by atoms with E-state index < -0.39 is 41.9 Å². The molecule has 0 unspecified atom stereocenters. The lowest BCUT2D eigenvalue weighted by Gasteiger charge is -2.26. The molecule has 10 heteroatoms. The van der Waals surface area contributed by atoms with E-state index in [4.69, 9.17) is 15.2 Å². The van der Waals surface area contributed by atoms with E-state index in [1.54, 1.807) is 26.8 Å². The van der Waals surface area contributed by atoms with Crippen LogP contribution in [-0.4, -0.2) is 55.7 Å². The van der Waals surface area contributed by atoms with Crippen LogP contribution in [0.2, 0.25) is 0 Å². The van der Waals surface area contributed by atoms with Crippen LogP contribution in [0.15, 0.2) is 18.5 Å². The Bertz CT molecular complexity index is 915. The second kappa shape index (κ2) is 6.45. The number of hydrogen-bond donors (Lipinski definition) is 3. The minimum absolute atomic E-state index is 0.186. The van der Waals surface area contributed by atoms with Gasteiger partial charge >= 0.3 is 5.97 Å². The van der Waals surface area contributed by atoms with E-state index in [1.165, 1.54) is 16.9 Å². The van der Waals surface area contributed by atoms with Crippen molar-refractivity contribution in [1.29, 1.82) is 5.26 Å². The van der Waals surface area contributed by atoms with Crippen molar-refractivity contribution in [2.75, 3.05) is 12.3 Å². The highest BCUT2D eigenvalue weighted by molar-refractivity contribution is 5.75. The summed E-state index contributed by atoms with van der Waals surface area (Å²) in [6, 6.07) is 5.06. The predicted molar refractivity (Wildman–Crippen MR) is 92.0 cm³/mol. The number of fused-ring (bicyclic) bond motifs is 1. The molecule has 0 aromatic carbocycles. The molecule has 0 bridgehead atoms. The summed E-state index contributed by atoms with van der Waals surface area (Å²) in [5.41, 5.74) is 3.68. The van der Waals surface area contributed by atoms with Crippen molar-refractivity contribution in [2.24, 2.45) is 5.41 Å². The van der Waals surface area contributed by atoms with Gasteiger partial charge in [-0.3, -0.25) is 4.79 Å². The molecular weight excluding hydrogens is 354 g/mol. The van der Waals surface area contributed by atoms with Gasteiger partial charge in [0.15, 0.2) is 11.9 Å². The van der Waals surface area contributed by atoms with Gasteiger partial charge in [-0.2, -0.15) is 10.4 Å². The Morgan fingerprint density at radius 2 is 2.22 bits per heavy atom. The monoisotopic (exact) mass is 375 g/mol. The Hall–Kier alpha value is -2.74. The van der Waals surface area contributed by atoms with E-state index in [9.17, 15) is 20.3 Å². The van der Waals surface area contributed by atoms with E-state index in [2.05, 4.69) is 10.1 Å². The zero-order valence-electron chi connectivity index (χ0n) is 15.2. The highest BCUT2D eigenvalue weighted by Crippen LogP contribution is 2.42. The fourth-order valence-electron chi connectivity index (χ4n) is 2.99. The Morgan fingerprint density at radius 1 is 1.52 bits per heavy atom. The summed E-state index contributed by atoms with van der Waals surface area (Å²) in [6.07, 6.45) is -2.67. The largest absolute Gasteiger partial charge is 0.456 e. The predicted octanol–water partition coefficient (Wildman–Crippen LogP) is -0.260. The molecule has 0 aliphatic carbocycles. The summed E-state index contributed by atoms with van der Waals surface area (Å²) in [4.78, 5) is 16.2. The minimum Gasteiger partial charge on any atom is -0.456 e. The molecule has 0 amide bonds. The van der Waals surface area contributed by atoms with Crippen LogP contribution in [0.5, 0.6) is 0 Å². The van der Waals surface area contributed by atoms with Crippen molar-refractivity contribution >= 4 is 17.3 Å². The van der Waals surface area contributed by atoms with Crippen LogP contribution in [0, 0.1) is 16.7 Å². The molecular formula is C17H21N5O5. The molecule has 144 valence electrons.